The molecule has 12 heterocycles. The van der Waals surface area contributed by atoms with Crippen LogP contribution in [0.25, 0.3) is 20.9 Å². The number of halogens is 4. The number of hydrogen-bond donors (Lipinski definition) is 7. The van der Waals surface area contributed by atoms with Crippen LogP contribution in [0.1, 0.15) is 85.2 Å². The van der Waals surface area contributed by atoms with E-state index in [9.17, 15) is 28.8 Å². The minimum Gasteiger partial charge on any atom is -0.477 e. The summed E-state index contributed by atoms with van der Waals surface area (Å²) in [6.45, 7) is 23.4. The van der Waals surface area contributed by atoms with Gasteiger partial charge in [0, 0.05) is 200 Å². The number of aryl methyl sites for hydroxylation is 3. The number of nitrogens with two attached hydrogens (primary N) is 1. The van der Waals surface area contributed by atoms with Crippen molar-refractivity contribution in [1.82, 2.24) is 93.6 Å². The normalized spacial score (nSPS) is 14.3. The predicted molar refractivity (Wildman–Crippen MR) is 468 cm³/mol. The number of hydrogen-bond acceptors (Lipinski definition) is 27. The van der Waals surface area contributed by atoms with Gasteiger partial charge >= 0.3 is 5.97 Å². The third-order valence-electron chi connectivity index (χ3n) is 17.8. The van der Waals surface area contributed by atoms with Crippen molar-refractivity contribution in [1.29, 1.82) is 10.5 Å². The number of morpholine rings is 4. The molecule has 42 heteroatoms. The second-order valence-electron chi connectivity index (χ2n) is 26.3. The summed E-state index contributed by atoms with van der Waals surface area (Å²) in [5.74, 6) is -1.19. The van der Waals surface area contributed by atoms with Crippen molar-refractivity contribution >= 4 is 123 Å². The fourth-order valence-electron chi connectivity index (χ4n) is 11.4. The number of pyridine rings is 1. The zero-order valence-electron chi connectivity index (χ0n) is 67.8. The first kappa shape index (κ1) is 102. The Bertz CT molecular complexity index is 4630. The number of carboxylic acids is 1. The van der Waals surface area contributed by atoms with E-state index in [1.807, 2.05) is 43.4 Å². The number of nitriles is 2. The van der Waals surface area contributed by atoms with Crippen LogP contribution >= 0.6 is 67.0 Å². The quantitative estimate of drug-likeness (QED) is 0.0255. The zero-order chi connectivity index (χ0) is 87.0. The number of anilines is 1. The molecule has 4 amide bonds. The third kappa shape index (κ3) is 36.7. The molecule has 14 rings (SSSR count). The minimum absolute atomic E-state index is 0. The van der Waals surface area contributed by atoms with Crippen molar-refractivity contribution in [2.75, 3.05) is 176 Å². The number of benzene rings is 2. The van der Waals surface area contributed by atoms with Crippen LogP contribution in [0, 0.1) is 27.4 Å². The number of nitrogens with zero attached hydrogens (tertiary/aromatic N) is 17. The second kappa shape index (κ2) is 57.4. The number of imidazole rings is 5. The molecule has 0 spiro atoms. The van der Waals surface area contributed by atoms with Gasteiger partial charge < -0.3 is 88.7 Å². The smallest absolute Gasteiger partial charge is 0.354 e. The summed E-state index contributed by atoms with van der Waals surface area (Å²) in [5.41, 5.74) is 9.44. The molecular weight excluding hydrogens is 1760 g/mol. The fraction of sp³-hybridized carbons (Fsp3) is 0.456. The standard InChI is InChI=1S/C33H32FN7O4S2.C11H17BrN4O2.C11H18N4O2.C6H14N2O.C5H5ClN2O.C5H6N2O2.C4H8O.C2H3N.CBrN.CH4/c1-40-25(32(43)36-11-12-41-13-15-44-16-14-41)20-37-31(40)28-19-24-30(47-28)27(9-10-35-24)45-26-8-7-22(18-23(26)34)38-33(46)39-29(42)17-21-5-3-2-4-6-21;1-15-9(8-14-11(15)12)10(17)13-2-3-16-4-6-18-7-5-16;1-14-9-12-8-10(14)11(16)13-2-3-15-4-6-17-7-5-15;7-1-2-8-3-5-9-6-4-8;1-8-3-7-2-4(8)5(6)9;1-7-3-6-2-4(7)5(8)9;1-2-4-5-3-1;1-2-3;2-1-3;/h2-10,18-20H,11-17H2,1H3,(H,36,43)(H2,38,39,42,46);8H,2-7H2,1H3,(H,13,17);8-9H,2-7H2,1H3,(H,13,16);1-7H2;2-3H,1H3;2-3H,1H3,(H,8,9);1-4H2;1H3;;1H4. The lowest BCUT2D eigenvalue weighted by Gasteiger charge is -2.26. The van der Waals surface area contributed by atoms with Crippen LogP contribution in [0.5, 0.6) is 11.5 Å². The topological polar surface area (TPSA) is 427 Å². The van der Waals surface area contributed by atoms with Gasteiger partial charge in [-0.3, -0.25) is 48.6 Å². The van der Waals surface area contributed by atoms with E-state index in [-0.39, 0.29) is 54.0 Å². The highest BCUT2D eigenvalue weighted by molar-refractivity contribution is 9.12. The van der Waals surface area contributed by atoms with E-state index in [1.54, 1.807) is 101 Å². The summed E-state index contributed by atoms with van der Waals surface area (Å²) in [5, 5.41) is 36.7. The van der Waals surface area contributed by atoms with E-state index in [0.29, 0.717) is 87.8 Å². The molecule has 0 radical (unpaired) electrons. The number of nitrogens with one attached hydrogen (secondary N) is 5. The Morgan fingerprint density at radius 1 is 0.612 bits per heavy atom. The van der Waals surface area contributed by atoms with Crippen molar-refractivity contribution in [2.45, 2.75) is 33.6 Å². The molecule has 0 bridgehead atoms. The molecule has 0 aliphatic carbocycles. The van der Waals surface area contributed by atoms with Crippen LogP contribution in [0.2, 0.25) is 0 Å². The number of thiophene rings is 1. The van der Waals surface area contributed by atoms with Crippen LogP contribution in [0.15, 0.2) is 122 Å². The Morgan fingerprint density at radius 2 is 1.06 bits per heavy atom. The maximum absolute atomic E-state index is 15.2. The average Bonchev–Trinajstić information content (AvgIpc) is 1.62. The van der Waals surface area contributed by atoms with Crippen LogP contribution in [-0.2, 0) is 70.1 Å². The number of ether oxygens (including phenoxy) is 6. The van der Waals surface area contributed by atoms with E-state index in [2.05, 4.69) is 108 Å². The molecule has 8 N–H and O–H groups in total. The van der Waals surface area contributed by atoms with Gasteiger partial charge in [0.2, 0.25) is 5.91 Å². The van der Waals surface area contributed by atoms with Crippen molar-refractivity contribution in [3.8, 4) is 33.2 Å². The molecule has 2 aromatic carbocycles. The summed E-state index contributed by atoms with van der Waals surface area (Å²) in [6.07, 6.45) is 16.3. The number of aromatic nitrogens is 11. The molecule has 9 aromatic rings. The lowest BCUT2D eigenvalue weighted by Crippen LogP contribution is -2.41. The van der Waals surface area contributed by atoms with Gasteiger partial charge in [0.25, 0.3) is 23.0 Å². The van der Waals surface area contributed by atoms with Gasteiger partial charge in [-0.15, -0.1) is 11.3 Å². The summed E-state index contributed by atoms with van der Waals surface area (Å²) in [4.78, 5) is 105. The maximum Gasteiger partial charge on any atom is 0.354 e. The lowest BCUT2D eigenvalue weighted by molar-refractivity contribution is -0.119. The van der Waals surface area contributed by atoms with E-state index in [0.717, 1.165) is 148 Å². The second-order valence-corrected chi connectivity index (χ2v) is 29.2. The van der Waals surface area contributed by atoms with E-state index in [4.69, 9.17) is 73.6 Å². The highest BCUT2D eigenvalue weighted by atomic mass is 79.9. The highest BCUT2D eigenvalue weighted by Gasteiger charge is 2.22. The molecule has 121 heavy (non-hydrogen) atoms. The Balaban J connectivity index is 0.000000287. The van der Waals surface area contributed by atoms with Gasteiger partial charge in [0.15, 0.2) is 21.4 Å². The Kier molecular flexibility index (Phi) is 48.2. The fourth-order valence-corrected chi connectivity index (χ4v) is 13.2. The molecular formula is C79H107Br2ClFN23O13S2. The first-order valence-corrected chi connectivity index (χ1v) is 41.3. The van der Waals surface area contributed by atoms with Crippen LogP contribution in [-0.4, -0.2) is 288 Å². The molecule has 0 saturated carbocycles. The molecule has 5 aliphatic heterocycles. The summed E-state index contributed by atoms with van der Waals surface area (Å²) in [7, 11) is 8.75. The molecule has 7 aromatic heterocycles. The highest BCUT2D eigenvalue weighted by Crippen LogP contribution is 2.39. The van der Waals surface area contributed by atoms with Gasteiger partial charge in [-0.1, -0.05) is 37.8 Å². The summed E-state index contributed by atoms with van der Waals surface area (Å²) in [6, 6.07) is 18.9. The monoisotopic (exact) mass is 1860 g/mol. The van der Waals surface area contributed by atoms with Crippen molar-refractivity contribution in [3.05, 3.63) is 161 Å². The van der Waals surface area contributed by atoms with Crippen LogP contribution in [0.3, 0.4) is 0 Å². The van der Waals surface area contributed by atoms with E-state index < -0.39 is 17.0 Å². The molecule has 656 valence electrons. The van der Waals surface area contributed by atoms with Crippen molar-refractivity contribution in [2.24, 2.45) is 41.0 Å². The number of fused-ring (bicyclic) bond motifs is 1. The summed E-state index contributed by atoms with van der Waals surface area (Å²) >= 11 is 17.5. The van der Waals surface area contributed by atoms with Crippen molar-refractivity contribution in [3.63, 3.8) is 0 Å². The Morgan fingerprint density at radius 3 is 1.46 bits per heavy atom. The number of rotatable bonds is 22. The number of aromatic carboxylic acids is 1. The lowest BCUT2D eigenvalue weighted by atomic mass is 10.1. The van der Waals surface area contributed by atoms with Gasteiger partial charge in [-0.2, -0.15) is 10.5 Å². The van der Waals surface area contributed by atoms with E-state index in [1.165, 1.54) is 72.9 Å². The number of carbonyl (C=O) groups excluding carboxylic acids is 5. The first-order valence-electron chi connectivity index (χ1n) is 38.1. The number of carboxylic acid groups (broad SMARTS) is 1. The summed E-state index contributed by atoms with van der Waals surface area (Å²) < 4.78 is 56.7. The Labute approximate surface area is 734 Å². The number of amides is 4. The van der Waals surface area contributed by atoms with Crippen LogP contribution in [0.4, 0.5) is 10.1 Å². The molecule has 5 aliphatic rings. The average molecular weight is 1870 g/mol. The van der Waals surface area contributed by atoms with Gasteiger partial charge in [0.1, 0.15) is 45.0 Å². The molecule has 36 nitrogen and oxygen atoms in total. The largest absolute Gasteiger partial charge is 0.477 e. The number of carbonyl (C=O) groups is 6. The van der Waals surface area contributed by atoms with Gasteiger partial charge in [-0.05, 0) is 76.4 Å². The van der Waals surface area contributed by atoms with Gasteiger partial charge in [0.05, 0.1) is 130 Å². The maximum atomic E-state index is 15.2. The third-order valence-corrected chi connectivity index (χ3v) is 20.1. The van der Waals surface area contributed by atoms with Crippen molar-refractivity contribution < 1.29 is 66.7 Å². The molecule has 0 unspecified atom stereocenters. The molecule has 5 fully saturated rings. The molecule has 0 atom stereocenters. The minimum atomic E-state index is -0.949. The van der Waals surface area contributed by atoms with Crippen LogP contribution < -0.4 is 37.1 Å². The van der Waals surface area contributed by atoms with E-state index >= 15 is 4.39 Å². The zero-order valence-corrected chi connectivity index (χ0v) is 73.4. The SMILES string of the molecule is C.C1CCOC1.CC#N.Cn1c(C(=O)NCCN2CCOCC2)cnc1-c1cc2nccc(Oc3ccc(NC(=S)NC(=O)Cc4ccccc4)cc3F)c2s1.Cn1c(C(=O)NCCN2CCOCC2)cnc1Br.Cn1cncc1C(=O)Cl.Cn1cncc1C(=O)NCCN1CCOCC1.Cn1cncc1C(=O)O.N#CBr.NCCN1CCOCC1. The molecule has 5 saturated heterocycles. The van der Waals surface area contributed by atoms with Gasteiger partial charge in [-0.25, -0.2) is 34.1 Å². The predicted octanol–water partition coefficient (Wildman–Crippen LogP) is 7.49. The Hall–Kier alpha value is -9.93. The first-order chi connectivity index (χ1) is 58.0. The number of thiocarbonyl (C=S) groups is 1.